The van der Waals surface area contributed by atoms with Crippen LogP contribution in [0.25, 0.3) is 0 Å². The molecular weight excluding hydrogens is 212 g/mol. The topological polar surface area (TPSA) is 42.7 Å². The Labute approximate surface area is 101 Å². The van der Waals surface area contributed by atoms with E-state index < -0.39 is 0 Å². The van der Waals surface area contributed by atoms with E-state index in [9.17, 15) is 0 Å². The molecule has 1 N–H and O–H groups in total. The standard InChI is InChI=1S/C13H16N4/c1-9-5-3-4-6-11(9)12-7-8-14-13-15-10(2)16-17(12)13/h3-6,12H,7-8H2,1-2H3,(H,14,15,16). The van der Waals surface area contributed by atoms with Gasteiger partial charge < -0.3 is 5.32 Å². The number of nitrogens with one attached hydrogen (secondary N) is 1. The first kappa shape index (κ1) is 10.3. The van der Waals surface area contributed by atoms with Crippen LogP contribution in [0.3, 0.4) is 0 Å². The van der Waals surface area contributed by atoms with Crippen molar-refractivity contribution in [2.24, 2.45) is 0 Å². The van der Waals surface area contributed by atoms with Crippen LogP contribution in [0.1, 0.15) is 29.4 Å². The lowest BCUT2D eigenvalue weighted by Gasteiger charge is -2.25. The van der Waals surface area contributed by atoms with Gasteiger partial charge in [-0.2, -0.15) is 10.1 Å². The minimum absolute atomic E-state index is 0.314. The number of fused-ring (bicyclic) bond motifs is 1. The van der Waals surface area contributed by atoms with E-state index in [-0.39, 0.29) is 0 Å². The second-order valence-corrected chi connectivity index (χ2v) is 4.52. The fourth-order valence-electron chi connectivity index (χ4n) is 2.46. The summed E-state index contributed by atoms with van der Waals surface area (Å²) in [6, 6.07) is 8.82. The van der Waals surface area contributed by atoms with E-state index >= 15 is 0 Å². The third kappa shape index (κ3) is 1.69. The van der Waals surface area contributed by atoms with Gasteiger partial charge in [-0.3, -0.25) is 0 Å². The molecule has 88 valence electrons. The molecule has 1 aromatic heterocycles. The molecule has 2 heterocycles. The smallest absolute Gasteiger partial charge is 0.221 e. The fourth-order valence-corrected chi connectivity index (χ4v) is 2.46. The molecule has 1 unspecified atom stereocenters. The number of anilines is 1. The first-order valence-corrected chi connectivity index (χ1v) is 5.98. The van der Waals surface area contributed by atoms with Gasteiger partial charge in [0.25, 0.3) is 0 Å². The van der Waals surface area contributed by atoms with Crippen molar-refractivity contribution >= 4 is 5.95 Å². The molecule has 4 nitrogen and oxygen atoms in total. The first-order valence-electron chi connectivity index (χ1n) is 5.98. The molecule has 0 spiro atoms. The maximum Gasteiger partial charge on any atom is 0.221 e. The van der Waals surface area contributed by atoms with Gasteiger partial charge in [0, 0.05) is 6.54 Å². The minimum atomic E-state index is 0.314. The lowest BCUT2D eigenvalue weighted by atomic mass is 9.98. The molecule has 0 radical (unpaired) electrons. The van der Waals surface area contributed by atoms with Crippen LogP contribution in [-0.4, -0.2) is 21.3 Å². The summed E-state index contributed by atoms with van der Waals surface area (Å²) < 4.78 is 2.02. The van der Waals surface area contributed by atoms with Crippen molar-refractivity contribution in [3.05, 3.63) is 41.2 Å². The van der Waals surface area contributed by atoms with Crippen molar-refractivity contribution in [3.63, 3.8) is 0 Å². The summed E-state index contributed by atoms with van der Waals surface area (Å²) in [7, 11) is 0. The number of hydrogen-bond acceptors (Lipinski definition) is 3. The molecule has 1 atom stereocenters. The Morgan fingerprint density at radius 1 is 1.29 bits per heavy atom. The van der Waals surface area contributed by atoms with Gasteiger partial charge in [-0.05, 0) is 31.4 Å². The van der Waals surface area contributed by atoms with Crippen molar-refractivity contribution in [2.45, 2.75) is 26.3 Å². The Balaban J connectivity index is 2.09. The quantitative estimate of drug-likeness (QED) is 0.814. The van der Waals surface area contributed by atoms with Crippen LogP contribution in [0.4, 0.5) is 5.95 Å². The van der Waals surface area contributed by atoms with Crippen LogP contribution in [0.15, 0.2) is 24.3 Å². The summed E-state index contributed by atoms with van der Waals surface area (Å²) in [6.45, 7) is 5.04. The zero-order valence-corrected chi connectivity index (χ0v) is 10.1. The Bertz CT molecular complexity index is 544. The summed E-state index contributed by atoms with van der Waals surface area (Å²) in [5.74, 6) is 1.72. The van der Waals surface area contributed by atoms with E-state index in [2.05, 4.69) is 46.6 Å². The summed E-state index contributed by atoms with van der Waals surface area (Å²) in [6.07, 6.45) is 1.06. The number of benzene rings is 1. The number of aromatic nitrogens is 3. The molecular formula is C13H16N4. The molecule has 1 aliphatic heterocycles. The lowest BCUT2D eigenvalue weighted by Crippen LogP contribution is -2.25. The maximum absolute atomic E-state index is 4.49. The Hall–Kier alpha value is -1.84. The van der Waals surface area contributed by atoms with E-state index in [1.807, 2.05) is 11.6 Å². The molecule has 0 bridgehead atoms. The monoisotopic (exact) mass is 228 g/mol. The van der Waals surface area contributed by atoms with Crippen LogP contribution in [0.5, 0.6) is 0 Å². The SMILES string of the molecule is Cc1nc2n(n1)C(c1ccccc1C)CCN2. The average molecular weight is 228 g/mol. The molecule has 0 aliphatic carbocycles. The van der Waals surface area contributed by atoms with Crippen molar-refractivity contribution in [1.29, 1.82) is 0 Å². The normalized spacial score (nSPS) is 18.6. The number of aryl methyl sites for hydroxylation is 2. The third-order valence-corrected chi connectivity index (χ3v) is 3.28. The van der Waals surface area contributed by atoms with Gasteiger partial charge in [0.1, 0.15) is 5.82 Å². The molecule has 1 aromatic carbocycles. The van der Waals surface area contributed by atoms with Gasteiger partial charge in [-0.1, -0.05) is 24.3 Å². The van der Waals surface area contributed by atoms with Crippen molar-refractivity contribution in [3.8, 4) is 0 Å². The van der Waals surface area contributed by atoms with Crippen molar-refractivity contribution in [2.75, 3.05) is 11.9 Å². The van der Waals surface area contributed by atoms with Crippen LogP contribution in [0.2, 0.25) is 0 Å². The van der Waals surface area contributed by atoms with Crippen LogP contribution >= 0.6 is 0 Å². The third-order valence-electron chi connectivity index (χ3n) is 3.28. The Kier molecular flexibility index (Phi) is 2.35. The number of nitrogens with zero attached hydrogens (tertiary/aromatic N) is 3. The van der Waals surface area contributed by atoms with Gasteiger partial charge in [0.15, 0.2) is 0 Å². The second-order valence-electron chi connectivity index (χ2n) is 4.52. The summed E-state index contributed by atoms with van der Waals surface area (Å²) >= 11 is 0. The van der Waals surface area contributed by atoms with Gasteiger partial charge >= 0.3 is 0 Å². The van der Waals surface area contributed by atoms with Gasteiger partial charge in [0.05, 0.1) is 6.04 Å². The zero-order chi connectivity index (χ0) is 11.8. The first-order chi connectivity index (χ1) is 8.25. The van der Waals surface area contributed by atoms with E-state index in [1.54, 1.807) is 0 Å². The maximum atomic E-state index is 4.49. The Morgan fingerprint density at radius 2 is 2.12 bits per heavy atom. The largest absolute Gasteiger partial charge is 0.354 e. The second kappa shape index (κ2) is 3.87. The summed E-state index contributed by atoms with van der Waals surface area (Å²) in [4.78, 5) is 4.40. The molecule has 0 saturated heterocycles. The lowest BCUT2D eigenvalue weighted by molar-refractivity contribution is 0.476. The predicted molar refractivity (Wildman–Crippen MR) is 67.2 cm³/mol. The highest BCUT2D eigenvalue weighted by atomic mass is 15.4. The van der Waals surface area contributed by atoms with Crippen LogP contribution < -0.4 is 5.32 Å². The molecule has 2 aromatic rings. The molecule has 4 heteroatoms. The highest BCUT2D eigenvalue weighted by Crippen LogP contribution is 2.29. The molecule has 0 saturated carbocycles. The molecule has 3 rings (SSSR count). The summed E-state index contributed by atoms with van der Waals surface area (Å²) in [5.41, 5.74) is 2.67. The van der Waals surface area contributed by atoms with Crippen LogP contribution in [-0.2, 0) is 0 Å². The average Bonchev–Trinajstić information content (AvgIpc) is 2.70. The highest BCUT2D eigenvalue weighted by molar-refractivity contribution is 5.35. The van der Waals surface area contributed by atoms with Gasteiger partial charge in [-0.25, -0.2) is 4.68 Å². The van der Waals surface area contributed by atoms with Crippen LogP contribution in [0, 0.1) is 13.8 Å². The molecule has 1 aliphatic rings. The summed E-state index contributed by atoms with van der Waals surface area (Å²) in [5, 5.41) is 7.79. The van der Waals surface area contributed by atoms with E-state index in [1.165, 1.54) is 11.1 Å². The molecule has 0 fully saturated rings. The van der Waals surface area contributed by atoms with Gasteiger partial charge in [-0.15, -0.1) is 0 Å². The fraction of sp³-hybridized carbons (Fsp3) is 0.385. The highest BCUT2D eigenvalue weighted by Gasteiger charge is 2.24. The minimum Gasteiger partial charge on any atom is -0.354 e. The molecule has 0 amide bonds. The number of rotatable bonds is 1. The van der Waals surface area contributed by atoms with Crippen molar-refractivity contribution in [1.82, 2.24) is 14.8 Å². The predicted octanol–water partition coefficient (Wildman–Crippen LogP) is 2.30. The van der Waals surface area contributed by atoms with E-state index in [0.717, 1.165) is 24.7 Å². The van der Waals surface area contributed by atoms with Gasteiger partial charge in [0.2, 0.25) is 5.95 Å². The Morgan fingerprint density at radius 3 is 2.94 bits per heavy atom. The van der Waals surface area contributed by atoms with E-state index in [0.29, 0.717) is 6.04 Å². The molecule has 17 heavy (non-hydrogen) atoms. The zero-order valence-electron chi connectivity index (χ0n) is 10.1. The number of hydrogen-bond donors (Lipinski definition) is 1. The van der Waals surface area contributed by atoms with E-state index in [4.69, 9.17) is 0 Å². The van der Waals surface area contributed by atoms with Crippen molar-refractivity contribution < 1.29 is 0 Å².